The summed E-state index contributed by atoms with van der Waals surface area (Å²) in [5.41, 5.74) is 2.05. The van der Waals surface area contributed by atoms with Gasteiger partial charge < -0.3 is 9.47 Å². The first kappa shape index (κ1) is 15.8. The van der Waals surface area contributed by atoms with Gasteiger partial charge in [0.25, 0.3) is 5.91 Å². The summed E-state index contributed by atoms with van der Waals surface area (Å²) in [5.74, 6) is 2.36. The second-order valence-corrected chi connectivity index (χ2v) is 6.96. The summed E-state index contributed by atoms with van der Waals surface area (Å²) in [7, 11) is 0. The lowest BCUT2D eigenvalue weighted by Gasteiger charge is -2.32. The second kappa shape index (κ2) is 6.32. The summed E-state index contributed by atoms with van der Waals surface area (Å²) >= 11 is 0. The van der Waals surface area contributed by atoms with E-state index < -0.39 is 0 Å². The Morgan fingerprint density at radius 1 is 1.28 bits per heavy atom. The Kier molecular flexibility index (Phi) is 4.00. The summed E-state index contributed by atoms with van der Waals surface area (Å²) in [4.78, 5) is 14.8. The van der Waals surface area contributed by atoms with Gasteiger partial charge in [-0.1, -0.05) is 6.07 Å². The summed E-state index contributed by atoms with van der Waals surface area (Å²) in [6.45, 7) is 4.31. The Hall–Kier alpha value is -2.68. The van der Waals surface area contributed by atoms with Gasteiger partial charge in [0, 0.05) is 37.5 Å². The molecule has 0 bridgehead atoms. The molecule has 128 valence electrons. The standard InChI is InChI=1S/C19H21N5O/c1-13-6-7-14(10-16(13)11-20)19(25)23-8-2-4-15(12-23)18-22-21-17-5-3-9-24(17)18/h6-7,10,15H,2-5,8-9,12H2,1H3. The fourth-order valence-corrected chi connectivity index (χ4v) is 3.91. The Balaban J connectivity index is 1.55. The number of carbonyl (C=O) groups is 1. The first-order chi connectivity index (χ1) is 12.2. The quantitative estimate of drug-likeness (QED) is 0.845. The van der Waals surface area contributed by atoms with E-state index in [-0.39, 0.29) is 11.8 Å². The smallest absolute Gasteiger partial charge is 0.253 e. The number of rotatable bonds is 2. The monoisotopic (exact) mass is 335 g/mol. The molecule has 4 rings (SSSR count). The van der Waals surface area contributed by atoms with Gasteiger partial charge in [-0.2, -0.15) is 5.26 Å². The number of hydrogen-bond acceptors (Lipinski definition) is 4. The van der Waals surface area contributed by atoms with Crippen molar-refractivity contribution in [2.75, 3.05) is 13.1 Å². The molecule has 0 N–H and O–H groups in total. The molecule has 2 aliphatic rings. The Bertz CT molecular complexity index is 863. The molecular weight excluding hydrogens is 314 g/mol. The molecule has 1 saturated heterocycles. The van der Waals surface area contributed by atoms with Crippen LogP contribution >= 0.6 is 0 Å². The zero-order chi connectivity index (χ0) is 17.4. The van der Waals surface area contributed by atoms with Crippen LogP contribution in [0.3, 0.4) is 0 Å². The maximum atomic E-state index is 12.9. The lowest BCUT2D eigenvalue weighted by molar-refractivity contribution is 0.0703. The van der Waals surface area contributed by atoms with Crippen LogP contribution in [-0.4, -0.2) is 38.7 Å². The van der Waals surface area contributed by atoms with Gasteiger partial charge in [0.05, 0.1) is 11.6 Å². The summed E-state index contributed by atoms with van der Waals surface area (Å²) < 4.78 is 2.23. The molecule has 6 nitrogen and oxygen atoms in total. The number of piperidine rings is 1. The number of hydrogen-bond donors (Lipinski definition) is 0. The lowest BCUT2D eigenvalue weighted by Crippen LogP contribution is -2.39. The number of amides is 1. The molecule has 1 unspecified atom stereocenters. The van der Waals surface area contributed by atoms with E-state index in [0.29, 0.717) is 17.7 Å². The van der Waals surface area contributed by atoms with E-state index in [0.717, 1.165) is 56.0 Å². The Labute approximate surface area is 147 Å². The van der Waals surface area contributed by atoms with Gasteiger partial charge >= 0.3 is 0 Å². The number of likely N-dealkylation sites (tertiary alicyclic amines) is 1. The highest BCUT2D eigenvalue weighted by Gasteiger charge is 2.30. The molecule has 1 aromatic carbocycles. The van der Waals surface area contributed by atoms with E-state index in [4.69, 9.17) is 0 Å². The van der Waals surface area contributed by atoms with Crippen LogP contribution in [0.15, 0.2) is 18.2 Å². The van der Waals surface area contributed by atoms with Gasteiger partial charge in [0.15, 0.2) is 0 Å². The third-order valence-electron chi connectivity index (χ3n) is 5.32. The minimum absolute atomic E-state index is 0.00219. The number of aromatic nitrogens is 3. The summed E-state index contributed by atoms with van der Waals surface area (Å²) in [6.07, 6.45) is 4.14. The van der Waals surface area contributed by atoms with Crippen molar-refractivity contribution in [2.24, 2.45) is 0 Å². The molecule has 1 atom stereocenters. The Morgan fingerprint density at radius 2 is 2.16 bits per heavy atom. The molecule has 1 fully saturated rings. The highest BCUT2D eigenvalue weighted by atomic mass is 16.2. The van der Waals surface area contributed by atoms with Crippen LogP contribution in [0.25, 0.3) is 0 Å². The molecule has 2 aromatic rings. The molecule has 6 heteroatoms. The van der Waals surface area contributed by atoms with E-state index in [1.54, 1.807) is 6.07 Å². The van der Waals surface area contributed by atoms with Crippen LogP contribution in [-0.2, 0) is 13.0 Å². The average molecular weight is 335 g/mol. The third-order valence-corrected chi connectivity index (χ3v) is 5.32. The maximum absolute atomic E-state index is 12.9. The van der Waals surface area contributed by atoms with Crippen molar-refractivity contribution < 1.29 is 4.79 Å². The zero-order valence-electron chi connectivity index (χ0n) is 14.4. The minimum atomic E-state index is 0.00219. The van der Waals surface area contributed by atoms with Gasteiger partial charge in [-0.15, -0.1) is 10.2 Å². The minimum Gasteiger partial charge on any atom is -0.338 e. The maximum Gasteiger partial charge on any atom is 0.253 e. The van der Waals surface area contributed by atoms with Crippen LogP contribution in [0.1, 0.15) is 58.3 Å². The molecule has 25 heavy (non-hydrogen) atoms. The van der Waals surface area contributed by atoms with Crippen LogP contribution in [0.4, 0.5) is 0 Å². The highest BCUT2D eigenvalue weighted by Crippen LogP contribution is 2.29. The molecule has 3 heterocycles. The van der Waals surface area contributed by atoms with E-state index >= 15 is 0 Å². The van der Waals surface area contributed by atoms with Crippen molar-refractivity contribution in [3.05, 3.63) is 46.5 Å². The molecule has 0 aliphatic carbocycles. The molecule has 2 aliphatic heterocycles. The average Bonchev–Trinajstić information content (AvgIpc) is 3.25. The predicted octanol–water partition coefficient (Wildman–Crippen LogP) is 2.42. The lowest BCUT2D eigenvalue weighted by atomic mass is 9.96. The first-order valence-electron chi connectivity index (χ1n) is 8.89. The van der Waals surface area contributed by atoms with Crippen LogP contribution in [0.2, 0.25) is 0 Å². The van der Waals surface area contributed by atoms with Crippen molar-refractivity contribution in [1.82, 2.24) is 19.7 Å². The zero-order valence-corrected chi connectivity index (χ0v) is 14.4. The topological polar surface area (TPSA) is 74.8 Å². The fourth-order valence-electron chi connectivity index (χ4n) is 3.91. The van der Waals surface area contributed by atoms with Crippen molar-refractivity contribution in [2.45, 2.75) is 45.1 Å². The fraction of sp³-hybridized carbons (Fsp3) is 0.474. The normalized spacial score (nSPS) is 19.5. The third kappa shape index (κ3) is 2.80. The molecule has 1 amide bonds. The number of benzene rings is 1. The Morgan fingerprint density at radius 3 is 3.00 bits per heavy atom. The molecule has 1 aromatic heterocycles. The number of carbonyl (C=O) groups excluding carboxylic acids is 1. The van der Waals surface area contributed by atoms with Crippen molar-refractivity contribution in [1.29, 1.82) is 5.26 Å². The van der Waals surface area contributed by atoms with Gasteiger partial charge in [-0.3, -0.25) is 4.79 Å². The number of aryl methyl sites for hydroxylation is 2. The van der Waals surface area contributed by atoms with E-state index in [9.17, 15) is 10.1 Å². The second-order valence-electron chi connectivity index (χ2n) is 6.96. The molecule has 0 spiro atoms. The summed E-state index contributed by atoms with van der Waals surface area (Å²) in [5, 5.41) is 17.9. The summed E-state index contributed by atoms with van der Waals surface area (Å²) in [6, 6.07) is 7.53. The largest absolute Gasteiger partial charge is 0.338 e. The van der Waals surface area contributed by atoms with Crippen molar-refractivity contribution in [3.63, 3.8) is 0 Å². The van der Waals surface area contributed by atoms with Gasteiger partial charge in [0.2, 0.25) is 0 Å². The highest BCUT2D eigenvalue weighted by molar-refractivity contribution is 5.94. The SMILES string of the molecule is Cc1ccc(C(=O)N2CCCC(c3nnc4n3CCC4)C2)cc1C#N. The van der Waals surface area contributed by atoms with Gasteiger partial charge in [-0.05, 0) is 43.9 Å². The van der Waals surface area contributed by atoms with Crippen LogP contribution in [0.5, 0.6) is 0 Å². The van der Waals surface area contributed by atoms with Crippen molar-refractivity contribution >= 4 is 5.91 Å². The van der Waals surface area contributed by atoms with E-state index in [2.05, 4.69) is 20.8 Å². The van der Waals surface area contributed by atoms with Crippen molar-refractivity contribution in [3.8, 4) is 6.07 Å². The number of nitrogens with zero attached hydrogens (tertiary/aromatic N) is 5. The van der Waals surface area contributed by atoms with E-state index in [1.165, 1.54) is 0 Å². The van der Waals surface area contributed by atoms with Crippen LogP contribution < -0.4 is 0 Å². The molecular formula is C19H21N5O. The van der Waals surface area contributed by atoms with Gasteiger partial charge in [0.1, 0.15) is 11.6 Å². The predicted molar refractivity (Wildman–Crippen MR) is 92.1 cm³/mol. The van der Waals surface area contributed by atoms with Gasteiger partial charge in [-0.25, -0.2) is 0 Å². The van der Waals surface area contributed by atoms with Crippen LogP contribution in [0, 0.1) is 18.3 Å². The molecule has 0 saturated carbocycles. The first-order valence-corrected chi connectivity index (χ1v) is 8.89. The number of nitriles is 1. The molecule has 0 radical (unpaired) electrons. The van der Waals surface area contributed by atoms with E-state index in [1.807, 2.05) is 24.0 Å². The number of fused-ring (bicyclic) bond motifs is 1.